The molecule has 0 amide bonds. The first-order valence-corrected chi connectivity index (χ1v) is 9.98. The maximum Gasteiger partial charge on any atom is 0.240 e. The number of hydrogen-bond donors (Lipinski definition) is 1. The highest BCUT2D eigenvalue weighted by molar-refractivity contribution is 7.89. The summed E-state index contributed by atoms with van der Waals surface area (Å²) < 4.78 is 32.5. The third-order valence-corrected chi connectivity index (χ3v) is 5.78. The molecular weight excluding hydrogens is 312 g/mol. The summed E-state index contributed by atoms with van der Waals surface area (Å²) in [5.74, 6) is 0.686. The summed E-state index contributed by atoms with van der Waals surface area (Å²) in [5, 5.41) is 0. The van der Waals surface area contributed by atoms with Crippen LogP contribution in [-0.2, 0) is 10.0 Å². The summed E-state index contributed by atoms with van der Waals surface area (Å²) in [7, 11) is -3.43. The van der Waals surface area contributed by atoms with Gasteiger partial charge in [0.1, 0.15) is 5.75 Å². The van der Waals surface area contributed by atoms with E-state index in [-0.39, 0.29) is 4.90 Å². The van der Waals surface area contributed by atoms with Crippen LogP contribution in [0, 0.1) is 0 Å². The van der Waals surface area contributed by atoms with Crippen LogP contribution in [0.15, 0.2) is 29.2 Å². The molecule has 0 aromatic heterocycles. The van der Waals surface area contributed by atoms with Gasteiger partial charge in [0.25, 0.3) is 0 Å². The molecule has 1 aromatic carbocycles. The molecule has 0 bridgehead atoms. The Hall–Kier alpha value is -1.11. The third-order valence-electron chi connectivity index (χ3n) is 4.30. The topological polar surface area (TPSA) is 58.6 Å². The van der Waals surface area contributed by atoms with E-state index in [2.05, 4.69) is 16.5 Å². The Bertz CT molecular complexity index is 572. The second-order valence-electron chi connectivity index (χ2n) is 6.04. The molecule has 0 aliphatic carbocycles. The van der Waals surface area contributed by atoms with Gasteiger partial charge in [0.15, 0.2) is 0 Å². The standard InChI is InChI=1S/C17H28N2O3S/c1-3-22-16-8-10-17(11-9-16)23(20,21)18-12-6-14-19-13-5-4-7-15(19)2/h8-11,15,18H,3-7,12-14H2,1-2H3. The van der Waals surface area contributed by atoms with Gasteiger partial charge in [-0.15, -0.1) is 0 Å². The summed E-state index contributed by atoms with van der Waals surface area (Å²) in [5.41, 5.74) is 0. The first-order chi connectivity index (χ1) is 11.0. The number of nitrogens with one attached hydrogen (secondary N) is 1. The molecule has 2 rings (SSSR count). The predicted molar refractivity (Wildman–Crippen MR) is 92.3 cm³/mol. The number of piperidine rings is 1. The molecule has 5 nitrogen and oxygen atoms in total. The van der Waals surface area contributed by atoms with Gasteiger partial charge in [-0.3, -0.25) is 0 Å². The molecule has 0 radical (unpaired) electrons. The van der Waals surface area contributed by atoms with Gasteiger partial charge in [0.2, 0.25) is 10.0 Å². The van der Waals surface area contributed by atoms with Crippen LogP contribution in [0.4, 0.5) is 0 Å². The number of hydrogen-bond acceptors (Lipinski definition) is 4. The van der Waals surface area contributed by atoms with Crippen LogP contribution < -0.4 is 9.46 Å². The van der Waals surface area contributed by atoms with Gasteiger partial charge in [-0.05, 0) is 70.5 Å². The lowest BCUT2D eigenvalue weighted by Gasteiger charge is -2.33. The lowest BCUT2D eigenvalue weighted by Crippen LogP contribution is -2.39. The number of rotatable bonds is 8. The number of likely N-dealkylation sites (tertiary alicyclic amines) is 1. The lowest BCUT2D eigenvalue weighted by atomic mass is 10.0. The molecule has 1 aliphatic heterocycles. The van der Waals surface area contributed by atoms with Gasteiger partial charge in [-0.1, -0.05) is 6.42 Å². The molecule has 0 spiro atoms. The van der Waals surface area contributed by atoms with E-state index in [1.807, 2.05) is 6.92 Å². The van der Waals surface area contributed by atoms with E-state index in [9.17, 15) is 8.42 Å². The maximum absolute atomic E-state index is 12.3. The van der Waals surface area contributed by atoms with Crippen molar-refractivity contribution >= 4 is 10.0 Å². The van der Waals surface area contributed by atoms with E-state index in [0.717, 1.165) is 19.5 Å². The molecule has 1 aromatic rings. The molecule has 6 heteroatoms. The third kappa shape index (κ3) is 5.48. The highest BCUT2D eigenvalue weighted by atomic mass is 32.2. The van der Waals surface area contributed by atoms with Crippen molar-refractivity contribution in [3.8, 4) is 5.75 Å². The minimum Gasteiger partial charge on any atom is -0.494 e. The van der Waals surface area contributed by atoms with Crippen molar-refractivity contribution in [2.24, 2.45) is 0 Å². The van der Waals surface area contributed by atoms with Crippen LogP contribution in [-0.4, -0.2) is 45.6 Å². The Morgan fingerprint density at radius 1 is 1.26 bits per heavy atom. The average Bonchev–Trinajstić information content (AvgIpc) is 2.54. The Morgan fingerprint density at radius 2 is 2.00 bits per heavy atom. The minimum atomic E-state index is -3.43. The van der Waals surface area contributed by atoms with E-state index < -0.39 is 10.0 Å². The van der Waals surface area contributed by atoms with Crippen molar-refractivity contribution in [3.63, 3.8) is 0 Å². The number of nitrogens with zero attached hydrogens (tertiary/aromatic N) is 1. The zero-order valence-electron chi connectivity index (χ0n) is 14.1. The molecule has 0 saturated carbocycles. The minimum absolute atomic E-state index is 0.285. The Balaban J connectivity index is 1.79. The van der Waals surface area contributed by atoms with Crippen molar-refractivity contribution < 1.29 is 13.2 Å². The molecule has 1 heterocycles. The van der Waals surface area contributed by atoms with Gasteiger partial charge < -0.3 is 9.64 Å². The second-order valence-corrected chi connectivity index (χ2v) is 7.80. The Kier molecular flexibility index (Phi) is 6.87. The van der Waals surface area contributed by atoms with Crippen LogP contribution in [0.3, 0.4) is 0 Å². The first kappa shape index (κ1) is 18.2. The number of sulfonamides is 1. The van der Waals surface area contributed by atoms with E-state index in [1.54, 1.807) is 24.3 Å². The fourth-order valence-electron chi connectivity index (χ4n) is 2.94. The highest BCUT2D eigenvalue weighted by Crippen LogP contribution is 2.17. The largest absolute Gasteiger partial charge is 0.494 e. The van der Waals surface area contributed by atoms with Gasteiger partial charge >= 0.3 is 0 Å². The molecular formula is C17H28N2O3S. The van der Waals surface area contributed by atoms with Crippen LogP contribution in [0.1, 0.15) is 39.5 Å². The number of benzene rings is 1. The molecule has 1 unspecified atom stereocenters. The summed E-state index contributed by atoms with van der Waals surface area (Å²) in [6, 6.07) is 7.16. The second kappa shape index (κ2) is 8.66. The predicted octanol–water partition coefficient (Wildman–Crippen LogP) is 2.63. The average molecular weight is 340 g/mol. The van der Waals surface area contributed by atoms with Crippen LogP contribution in [0.2, 0.25) is 0 Å². The first-order valence-electron chi connectivity index (χ1n) is 8.49. The van der Waals surface area contributed by atoms with Gasteiger partial charge in [0, 0.05) is 12.6 Å². The fraction of sp³-hybridized carbons (Fsp3) is 0.647. The monoisotopic (exact) mass is 340 g/mol. The maximum atomic E-state index is 12.3. The highest BCUT2D eigenvalue weighted by Gasteiger charge is 2.18. The van der Waals surface area contributed by atoms with Gasteiger partial charge in [0.05, 0.1) is 11.5 Å². The SMILES string of the molecule is CCOc1ccc(S(=O)(=O)NCCCN2CCCCC2C)cc1. The van der Waals surface area contributed by atoms with Crippen LogP contribution in [0.5, 0.6) is 5.75 Å². The summed E-state index contributed by atoms with van der Waals surface area (Å²) in [6.45, 7) is 7.27. The summed E-state index contributed by atoms with van der Waals surface area (Å²) in [6.07, 6.45) is 4.64. The zero-order chi connectivity index (χ0) is 16.7. The van der Waals surface area contributed by atoms with Crippen molar-refractivity contribution in [1.82, 2.24) is 9.62 Å². The van der Waals surface area contributed by atoms with Gasteiger partial charge in [-0.25, -0.2) is 13.1 Å². The number of ether oxygens (including phenoxy) is 1. The van der Waals surface area contributed by atoms with E-state index in [1.165, 1.54) is 19.3 Å². The van der Waals surface area contributed by atoms with E-state index >= 15 is 0 Å². The van der Waals surface area contributed by atoms with Crippen molar-refractivity contribution in [2.75, 3.05) is 26.2 Å². The van der Waals surface area contributed by atoms with Crippen LogP contribution >= 0.6 is 0 Å². The van der Waals surface area contributed by atoms with Crippen molar-refractivity contribution in [1.29, 1.82) is 0 Å². The molecule has 1 N–H and O–H groups in total. The molecule has 1 atom stereocenters. The molecule has 1 aliphatic rings. The normalized spacial score (nSPS) is 19.7. The van der Waals surface area contributed by atoms with Crippen LogP contribution in [0.25, 0.3) is 0 Å². The molecule has 1 fully saturated rings. The quantitative estimate of drug-likeness (QED) is 0.739. The van der Waals surface area contributed by atoms with Crippen molar-refractivity contribution in [3.05, 3.63) is 24.3 Å². The molecule has 1 saturated heterocycles. The Morgan fingerprint density at radius 3 is 2.65 bits per heavy atom. The fourth-order valence-corrected chi connectivity index (χ4v) is 4.02. The molecule has 130 valence electrons. The Labute approximate surface area is 140 Å². The zero-order valence-corrected chi connectivity index (χ0v) is 14.9. The smallest absolute Gasteiger partial charge is 0.240 e. The van der Waals surface area contributed by atoms with Crippen molar-refractivity contribution in [2.45, 2.75) is 50.5 Å². The van der Waals surface area contributed by atoms with E-state index in [0.29, 0.717) is 24.9 Å². The summed E-state index contributed by atoms with van der Waals surface area (Å²) in [4.78, 5) is 2.74. The molecule has 23 heavy (non-hydrogen) atoms. The lowest BCUT2D eigenvalue weighted by molar-refractivity contribution is 0.159. The van der Waals surface area contributed by atoms with E-state index in [4.69, 9.17) is 4.74 Å². The summed E-state index contributed by atoms with van der Waals surface area (Å²) >= 11 is 0. The van der Waals surface area contributed by atoms with Gasteiger partial charge in [-0.2, -0.15) is 0 Å².